The number of aryl methyl sites for hydroxylation is 2. The number of carbonyl (C=O) groups excluding carboxylic acids is 3. The van der Waals surface area contributed by atoms with Gasteiger partial charge in [0, 0.05) is 25.3 Å². The molecule has 8 heteroatoms. The Morgan fingerprint density at radius 1 is 1.15 bits per heavy atom. The molecule has 3 amide bonds. The number of hydrogen-bond donors (Lipinski definition) is 2. The van der Waals surface area contributed by atoms with E-state index in [4.69, 9.17) is 10.5 Å². The topological polar surface area (TPSA) is 105 Å². The third-order valence-electron chi connectivity index (χ3n) is 6.64. The minimum atomic E-state index is -0.723. The van der Waals surface area contributed by atoms with E-state index in [0.29, 0.717) is 38.2 Å². The molecule has 1 fully saturated rings. The van der Waals surface area contributed by atoms with Crippen molar-refractivity contribution in [3.05, 3.63) is 65.2 Å². The van der Waals surface area contributed by atoms with Gasteiger partial charge < -0.3 is 20.3 Å². The molecule has 1 aliphatic heterocycles. The van der Waals surface area contributed by atoms with Gasteiger partial charge in [-0.15, -0.1) is 0 Å². The van der Waals surface area contributed by atoms with Crippen LogP contribution in [0.15, 0.2) is 48.5 Å². The number of benzene rings is 2. The van der Waals surface area contributed by atoms with Gasteiger partial charge in [0.15, 0.2) is 0 Å². The van der Waals surface area contributed by atoms with Crippen LogP contribution in [0.1, 0.15) is 36.5 Å². The van der Waals surface area contributed by atoms with Crippen LogP contribution in [0.4, 0.5) is 10.5 Å². The Labute approximate surface area is 201 Å². The molecule has 0 saturated carbocycles. The summed E-state index contributed by atoms with van der Waals surface area (Å²) >= 11 is 0. The Morgan fingerprint density at radius 3 is 2.41 bits per heavy atom. The molecule has 0 spiro atoms. The molecule has 0 aliphatic carbocycles. The van der Waals surface area contributed by atoms with Crippen molar-refractivity contribution < 1.29 is 19.1 Å². The Hall–Kier alpha value is -3.39. The first-order valence-corrected chi connectivity index (χ1v) is 11.7. The van der Waals surface area contributed by atoms with Gasteiger partial charge >= 0.3 is 6.09 Å². The van der Waals surface area contributed by atoms with E-state index in [1.54, 1.807) is 9.80 Å². The van der Waals surface area contributed by atoms with E-state index in [0.717, 1.165) is 24.0 Å². The highest BCUT2D eigenvalue weighted by Gasteiger charge is 2.42. The summed E-state index contributed by atoms with van der Waals surface area (Å²) in [6.45, 7) is 5.32. The van der Waals surface area contributed by atoms with Crippen LogP contribution in [0.5, 0.6) is 0 Å². The highest BCUT2D eigenvalue weighted by atomic mass is 16.5. The van der Waals surface area contributed by atoms with Crippen LogP contribution in [0.2, 0.25) is 0 Å². The number of likely N-dealkylation sites (tertiary alicyclic amines) is 1. The third-order valence-corrected chi connectivity index (χ3v) is 6.64. The standard InChI is InChI=1S/C26H34N4O4/c1-3-21-8-10-23(11-9-21)28-25(33)34-18-26(12-14-29(15-13-26)24(32)16-27)30(19-31)17-22-7-5-4-6-20(22)2/h4-11,19H,3,12-18,27H2,1-2H3,(H,28,33). The van der Waals surface area contributed by atoms with E-state index >= 15 is 0 Å². The van der Waals surface area contributed by atoms with E-state index < -0.39 is 11.6 Å². The van der Waals surface area contributed by atoms with Gasteiger partial charge in [-0.2, -0.15) is 0 Å². The molecule has 0 aromatic heterocycles. The Balaban J connectivity index is 1.74. The number of hydrogen-bond acceptors (Lipinski definition) is 5. The molecule has 3 rings (SSSR count). The predicted octanol–water partition coefficient (Wildman–Crippen LogP) is 3.08. The molecule has 1 heterocycles. The van der Waals surface area contributed by atoms with Gasteiger partial charge in [-0.3, -0.25) is 14.9 Å². The monoisotopic (exact) mass is 466 g/mol. The molecular weight excluding hydrogens is 432 g/mol. The van der Waals surface area contributed by atoms with Crippen molar-refractivity contribution in [3.63, 3.8) is 0 Å². The SMILES string of the molecule is CCc1ccc(NC(=O)OCC2(N(C=O)Cc3ccccc3C)CCN(C(=O)CN)CC2)cc1. The lowest BCUT2D eigenvalue weighted by molar-refractivity contribution is -0.137. The summed E-state index contributed by atoms with van der Waals surface area (Å²) in [6, 6.07) is 15.5. The number of carbonyl (C=O) groups is 3. The van der Waals surface area contributed by atoms with E-state index in [1.165, 1.54) is 5.56 Å². The fraction of sp³-hybridized carbons (Fsp3) is 0.423. The average molecular weight is 467 g/mol. The van der Waals surface area contributed by atoms with Gasteiger partial charge in [0.05, 0.1) is 12.1 Å². The number of nitrogens with two attached hydrogens (primary N) is 1. The smallest absolute Gasteiger partial charge is 0.411 e. The van der Waals surface area contributed by atoms with Crippen molar-refractivity contribution in [2.45, 2.75) is 45.2 Å². The maximum absolute atomic E-state index is 12.6. The number of anilines is 1. The Bertz CT molecular complexity index is 985. The number of ether oxygens (including phenoxy) is 1. The predicted molar refractivity (Wildman–Crippen MR) is 131 cm³/mol. The van der Waals surface area contributed by atoms with E-state index in [2.05, 4.69) is 12.2 Å². The van der Waals surface area contributed by atoms with Crippen molar-refractivity contribution in [1.29, 1.82) is 0 Å². The normalized spacial score (nSPS) is 14.9. The highest BCUT2D eigenvalue weighted by Crippen LogP contribution is 2.31. The summed E-state index contributed by atoms with van der Waals surface area (Å²) in [6.07, 6.45) is 2.13. The zero-order chi connectivity index (χ0) is 24.6. The largest absolute Gasteiger partial charge is 0.447 e. The molecule has 0 atom stereocenters. The van der Waals surface area contributed by atoms with Crippen molar-refractivity contribution >= 4 is 24.1 Å². The molecule has 2 aromatic rings. The minimum absolute atomic E-state index is 0.0289. The highest BCUT2D eigenvalue weighted by molar-refractivity contribution is 5.84. The van der Waals surface area contributed by atoms with E-state index in [-0.39, 0.29) is 19.1 Å². The molecule has 0 unspecified atom stereocenters. The maximum atomic E-state index is 12.6. The van der Waals surface area contributed by atoms with Crippen LogP contribution < -0.4 is 11.1 Å². The summed E-state index contributed by atoms with van der Waals surface area (Å²) in [5.41, 5.74) is 8.73. The molecule has 1 saturated heterocycles. The van der Waals surface area contributed by atoms with Gasteiger partial charge in [0.1, 0.15) is 6.61 Å². The minimum Gasteiger partial charge on any atom is -0.447 e. The molecule has 182 valence electrons. The molecule has 0 bridgehead atoms. The first kappa shape index (κ1) is 25.2. The first-order chi connectivity index (χ1) is 16.4. The number of amides is 3. The summed E-state index contributed by atoms with van der Waals surface area (Å²) in [5.74, 6) is -0.126. The van der Waals surface area contributed by atoms with Crippen molar-refractivity contribution in [3.8, 4) is 0 Å². The molecule has 3 N–H and O–H groups in total. The second kappa shape index (κ2) is 11.7. The van der Waals surface area contributed by atoms with Crippen LogP contribution in [-0.4, -0.2) is 60.0 Å². The first-order valence-electron chi connectivity index (χ1n) is 11.7. The molecule has 2 aromatic carbocycles. The van der Waals surface area contributed by atoms with Gasteiger partial charge in [-0.1, -0.05) is 43.3 Å². The fourth-order valence-electron chi connectivity index (χ4n) is 4.28. The van der Waals surface area contributed by atoms with Crippen molar-refractivity contribution in [2.24, 2.45) is 5.73 Å². The zero-order valence-corrected chi connectivity index (χ0v) is 20.0. The van der Waals surface area contributed by atoms with E-state index in [1.807, 2.05) is 55.5 Å². The maximum Gasteiger partial charge on any atom is 0.411 e. The summed E-state index contributed by atoms with van der Waals surface area (Å²) in [4.78, 5) is 40.3. The number of nitrogens with zero attached hydrogens (tertiary/aromatic N) is 2. The molecule has 34 heavy (non-hydrogen) atoms. The molecular formula is C26H34N4O4. The van der Waals surface area contributed by atoms with Crippen molar-refractivity contribution in [1.82, 2.24) is 9.80 Å². The van der Waals surface area contributed by atoms with Crippen LogP contribution in [0.3, 0.4) is 0 Å². The summed E-state index contributed by atoms with van der Waals surface area (Å²) in [7, 11) is 0. The molecule has 8 nitrogen and oxygen atoms in total. The van der Waals surface area contributed by atoms with E-state index in [9.17, 15) is 14.4 Å². The molecule has 1 aliphatic rings. The van der Waals surface area contributed by atoms with Crippen LogP contribution in [0, 0.1) is 6.92 Å². The Kier molecular flexibility index (Phi) is 8.65. The average Bonchev–Trinajstić information content (AvgIpc) is 2.87. The van der Waals surface area contributed by atoms with Gasteiger partial charge in [0.25, 0.3) is 0 Å². The number of rotatable bonds is 9. The van der Waals surface area contributed by atoms with Gasteiger partial charge in [-0.25, -0.2) is 4.79 Å². The van der Waals surface area contributed by atoms with Crippen LogP contribution >= 0.6 is 0 Å². The Morgan fingerprint density at radius 2 is 1.82 bits per heavy atom. The van der Waals surface area contributed by atoms with Crippen LogP contribution in [0.25, 0.3) is 0 Å². The van der Waals surface area contributed by atoms with Crippen molar-refractivity contribution in [2.75, 3.05) is 31.6 Å². The lowest BCUT2D eigenvalue weighted by Gasteiger charge is -2.47. The fourth-order valence-corrected chi connectivity index (χ4v) is 4.28. The summed E-state index contributed by atoms with van der Waals surface area (Å²) in [5, 5.41) is 2.75. The van der Waals surface area contributed by atoms with Gasteiger partial charge in [0.2, 0.25) is 12.3 Å². The van der Waals surface area contributed by atoms with Crippen LogP contribution in [-0.2, 0) is 27.3 Å². The lowest BCUT2D eigenvalue weighted by atomic mass is 9.86. The second-order valence-electron chi connectivity index (χ2n) is 8.72. The number of piperidine rings is 1. The number of nitrogens with one attached hydrogen (secondary N) is 1. The molecule has 0 radical (unpaired) electrons. The van der Waals surface area contributed by atoms with Gasteiger partial charge in [-0.05, 0) is 55.0 Å². The zero-order valence-electron chi connectivity index (χ0n) is 20.0. The third kappa shape index (κ3) is 6.14. The summed E-state index contributed by atoms with van der Waals surface area (Å²) < 4.78 is 5.64. The second-order valence-corrected chi connectivity index (χ2v) is 8.72. The lowest BCUT2D eigenvalue weighted by Crippen LogP contribution is -2.59. The quantitative estimate of drug-likeness (QED) is 0.553.